The summed E-state index contributed by atoms with van der Waals surface area (Å²) < 4.78 is 0. The van der Waals surface area contributed by atoms with Gasteiger partial charge in [0.2, 0.25) is 0 Å². The first kappa shape index (κ1) is 11.4. The molecule has 0 spiro atoms. The monoisotopic (exact) mass is 240 g/mol. The summed E-state index contributed by atoms with van der Waals surface area (Å²) in [6.45, 7) is 2.01. The van der Waals surface area contributed by atoms with Crippen LogP contribution in [-0.2, 0) is 4.79 Å². The Morgan fingerprint density at radius 3 is 2.81 bits per heavy atom. The third-order valence-electron chi connectivity index (χ3n) is 2.92. The predicted octanol–water partition coefficient (Wildman–Crippen LogP) is 2.29. The zero-order valence-corrected chi connectivity index (χ0v) is 10.2. The number of rotatable bonds is 4. The smallest absolute Gasteiger partial charge is 0.323 e. The number of aryl methyl sites for hydroxylation is 1. The summed E-state index contributed by atoms with van der Waals surface area (Å²) in [4.78, 5) is 17.2. The van der Waals surface area contributed by atoms with Gasteiger partial charge in [-0.3, -0.25) is 4.79 Å². The predicted molar refractivity (Wildman–Crippen MR) is 64.1 cm³/mol. The summed E-state index contributed by atoms with van der Waals surface area (Å²) in [6.07, 6.45) is 4.58. The van der Waals surface area contributed by atoms with Crippen LogP contribution in [0.25, 0.3) is 0 Å². The molecule has 0 saturated heterocycles. The zero-order chi connectivity index (χ0) is 11.5. The first-order chi connectivity index (χ1) is 7.66. The Bertz CT molecular complexity index is 372. The molecule has 1 heterocycles. The lowest BCUT2D eigenvalue weighted by Crippen LogP contribution is -2.37. The minimum Gasteiger partial charge on any atom is -0.480 e. The van der Waals surface area contributed by atoms with Crippen molar-refractivity contribution in [2.75, 3.05) is 11.4 Å². The van der Waals surface area contributed by atoms with Crippen molar-refractivity contribution in [1.82, 2.24) is 4.98 Å². The van der Waals surface area contributed by atoms with Gasteiger partial charge in [-0.05, 0) is 19.8 Å². The minimum atomic E-state index is -0.778. The Labute approximate surface area is 98.9 Å². The molecule has 1 N–H and O–H groups in total. The first-order valence-corrected chi connectivity index (χ1v) is 6.45. The van der Waals surface area contributed by atoms with Crippen LogP contribution in [0.3, 0.4) is 0 Å². The summed E-state index contributed by atoms with van der Waals surface area (Å²) in [5.41, 5.74) is 0.966. The molecule has 0 radical (unpaired) electrons. The van der Waals surface area contributed by atoms with Crippen LogP contribution in [0.2, 0.25) is 0 Å². The Balaban J connectivity index is 2.16. The zero-order valence-electron chi connectivity index (χ0n) is 9.35. The molecule has 2 rings (SSSR count). The van der Waals surface area contributed by atoms with Crippen molar-refractivity contribution in [3.63, 3.8) is 0 Å². The van der Waals surface area contributed by atoms with Crippen LogP contribution in [0, 0.1) is 6.92 Å². The van der Waals surface area contributed by atoms with Crippen LogP contribution in [0.5, 0.6) is 0 Å². The average Bonchev–Trinajstić information content (AvgIpc) is 2.84. The van der Waals surface area contributed by atoms with Gasteiger partial charge in [0, 0.05) is 11.4 Å². The van der Waals surface area contributed by atoms with E-state index in [4.69, 9.17) is 5.11 Å². The molecule has 0 amide bonds. The van der Waals surface area contributed by atoms with E-state index in [0.717, 1.165) is 23.7 Å². The summed E-state index contributed by atoms with van der Waals surface area (Å²) in [6, 6.07) is 0.363. The number of hydrogen-bond donors (Lipinski definition) is 1. The molecule has 0 unspecified atom stereocenters. The second-order valence-corrected chi connectivity index (χ2v) is 5.07. The van der Waals surface area contributed by atoms with E-state index in [-0.39, 0.29) is 6.54 Å². The second-order valence-electron chi connectivity index (χ2n) is 4.23. The minimum absolute atomic E-state index is 0.0671. The molecular weight excluding hydrogens is 224 g/mol. The molecule has 16 heavy (non-hydrogen) atoms. The van der Waals surface area contributed by atoms with Crippen LogP contribution < -0.4 is 4.90 Å². The van der Waals surface area contributed by atoms with E-state index in [1.54, 1.807) is 0 Å². The molecule has 5 heteroatoms. The SMILES string of the molecule is Cc1csc(N(CC(=O)O)C2CCCC2)n1. The number of carbonyl (C=O) groups is 1. The Morgan fingerprint density at radius 2 is 2.31 bits per heavy atom. The molecule has 0 bridgehead atoms. The first-order valence-electron chi connectivity index (χ1n) is 5.57. The largest absolute Gasteiger partial charge is 0.480 e. The standard InChI is InChI=1S/C11H16N2O2S/c1-8-7-16-11(12-8)13(6-10(14)15)9-4-2-3-5-9/h7,9H,2-6H2,1H3,(H,14,15). The van der Waals surface area contributed by atoms with Crippen LogP contribution in [0.4, 0.5) is 5.13 Å². The molecule has 1 fully saturated rings. The maximum atomic E-state index is 10.9. The fourth-order valence-electron chi connectivity index (χ4n) is 2.19. The van der Waals surface area contributed by atoms with Crippen LogP contribution in [0.15, 0.2) is 5.38 Å². The van der Waals surface area contributed by atoms with Gasteiger partial charge in [0.15, 0.2) is 5.13 Å². The number of aromatic nitrogens is 1. The molecule has 0 aromatic carbocycles. The maximum absolute atomic E-state index is 10.9. The number of carboxylic acid groups (broad SMARTS) is 1. The number of aliphatic carboxylic acids is 1. The van der Waals surface area contributed by atoms with Crippen molar-refractivity contribution in [2.24, 2.45) is 0 Å². The van der Waals surface area contributed by atoms with E-state index >= 15 is 0 Å². The summed E-state index contributed by atoms with van der Waals surface area (Å²) in [5.74, 6) is -0.778. The molecule has 0 atom stereocenters. The normalized spacial score (nSPS) is 16.6. The Kier molecular flexibility index (Phi) is 3.43. The molecule has 1 aliphatic carbocycles. The number of hydrogen-bond acceptors (Lipinski definition) is 4. The molecule has 0 aliphatic heterocycles. The third kappa shape index (κ3) is 2.52. The fourth-order valence-corrected chi connectivity index (χ4v) is 3.06. The van der Waals surface area contributed by atoms with Gasteiger partial charge < -0.3 is 10.0 Å². The van der Waals surface area contributed by atoms with Gasteiger partial charge in [-0.1, -0.05) is 12.8 Å². The van der Waals surface area contributed by atoms with E-state index in [1.807, 2.05) is 17.2 Å². The summed E-state index contributed by atoms with van der Waals surface area (Å²) in [5, 5.41) is 11.8. The Morgan fingerprint density at radius 1 is 1.62 bits per heavy atom. The number of thiazole rings is 1. The summed E-state index contributed by atoms with van der Waals surface area (Å²) >= 11 is 1.54. The van der Waals surface area contributed by atoms with Crippen LogP contribution >= 0.6 is 11.3 Å². The van der Waals surface area contributed by atoms with Crippen molar-refractivity contribution in [1.29, 1.82) is 0 Å². The van der Waals surface area contributed by atoms with Crippen LogP contribution in [-0.4, -0.2) is 28.6 Å². The van der Waals surface area contributed by atoms with Crippen LogP contribution in [0.1, 0.15) is 31.4 Å². The highest BCUT2D eigenvalue weighted by Crippen LogP contribution is 2.29. The molecule has 4 nitrogen and oxygen atoms in total. The summed E-state index contributed by atoms with van der Waals surface area (Å²) in [7, 11) is 0. The van der Waals surface area contributed by atoms with E-state index < -0.39 is 5.97 Å². The lowest BCUT2D eigenvalue weighted by molar-refractivity contribution is -0.135. The fraction of sp³-hybridized carbons (Fsp3) is 0.636. The van der Waals surface area contributed by atoms with Gasteiger partial charge in [0.25, 0.3) is 0 Å². The maximum Gasteiger partial charge on any atom is 0.323 e. The number of anilines is 1. The molecule has 1 aromatic heterocycles. The molecule has 1 aromatic rings. The lowest BCUT2D eigenvalue weighted by atomic mass is 10.2. The van der Waals surface area contributed by atoms with Crippen molar-refractivity contribution in [3.05, 3.63) is 11.1 Å². The highest BCUT2D eigenvalue weighted by molar-refractivity contribution is 7.13. The molecule has 88 valence electrons. The van der Waals surface area contributed by atoms with E-state index in [0.29, 0.717) is 6.04 Å². The molecule has 1 saturated carbocycles. The van der Waals surface area contributed by atoms with Gasteiger partial charge >= 0.3 is 5.97 Å². The van der Waals surface area contributed by atoms with Crippen molar-refractivity contribution in [3.8, 4) is 0 Å². The van der Waals surface area contributed by atoms with Crippen molar-refractivity contribution >= 4 is 22.4 Å². The van der Waals surface area contributed by atoms with E-state index in [2.05, 4.69) is 4.98 Å². The van der Waals surface area contributed by atoms with Gasteiger partial charge in [-0.2, -0.15) is 0 Å². The van der Waals surface area contributed by atoms with Gasteiger partial charge in [0.05, 0.1) is 5.69 Å². The topological polar surface area (TPSA) is 53.4 Å². The quantitative estimate of drug-likeness (QED) is 0.877. The Hall–Kier alpha value is -1.10. The van der Waals surface area contributed by atoms with Crippen molar-refractivity contribution < 1.29 is 9.90 Å². The third-order valence-corrected chi connectivity index (χ3v) is 3.92. The van der Waals surface area contributed by atoms with Gasteiger partial charge in [-0.25, -0.2) is 4.98 Å². The highest BCUT2D eigenvalue weighted by Gasteiger charge is 2.26. The van der Waals surface area contributed by atoms with E-state index in [1.165, 1.54) is 24.2 Å². The van der Waals surface area contributed by atoms with Gasteiger partial charge in [-0.15, -0.1) is 11.3 Å². The molecule has 1 aliphatic rings. The lowest BCUT2D eigenvalue weighted by Gasteiger charge is -2.26. The highest BCUT2D eigenvalue weighted by atomic mass is 32.1. The van der Waals surface area contributed by atoms with E-state index in [9.17, 15) is 4.79 Å². The van der Waals surface area contributed by atoms with Crippen molar-refractivity contribution in [2.45, 2.75) is 38.6 Å². The average molecular weight is 240 g/mol. The van der Waals surface area contributed by atoms with Gasteiger partial charge in [0.1, 0.15) is 6.54 Å². The second kappa shape index (κ2) is 4.82. The number of nitrogens with zero attached hydrogens (tertiary/aromatic N) is 2. The number of carboxylic acids is 1. The molecular formula is C11H16N2O2S.